The van der Waals surface area contributed by atoms with E-state index >= 15 is 0 Å². The Morgan fingerprint density at radius 3 is 2.78 bits per heavy atom. The van der Waals surface area contributed by atoms with Crippen LogP contribution in [-0.2, 0) is 11.3 Å². The van der Waals surface area contributed by atoms with Gasteiger partial charge in [0.15, 0.2) is 10.6 Å². The molecule has 1 saturated heterocycles. The molecule has 7 heteroatoms. The Hall–Kier alpha value is -1.99. The maximum absolute atomic E-state index is 12.4. The van der Waals surface area contributed by atoms with Gasteiger partial charge in [0.05, 0.1) is 0 Å². The number of amides is 1. The first-order valence-electron chi connectivity index (χ1n) is 9.85. The van der Waals surface area contributed by atoms with E-state index in [1.54, 1.807) is 4.57 Å². The lowest BCUT2D eigenvalue weighted by atomic mass is 10.1. The number of nitrogens with one attached hydrogen (secondary N) is 2. The number of nitrogens with zero attached hydrogens (tertiary/aromatic N) is 3. The van der Waals surface area contributed by atoms with Gasteiger partial charge < -0.3 is 10.2 Å². The molecule has 0 aliphatic carbocycles. The van der Waals surface area contributed by atoms with Crippen molar-refractivity contribution in [2.45, 2.75) is 45.6 Å². The fraction of sp³-hybridized carbons (Fsp3) is 0.550. The van der Waals surface area contributed by atoms with E-state index in [9.17, 15) is 4.79 Å². The summed E-state index contributed by atoms with van der Waals surface area (Å²) in [5.74, 6) is 0.667. The van der Waals surface area contributed by atoms with Gasteiger partial charge in [-0.15, -0.1) is 0 Å². The second-order valence-electron chi connectivity index (χ2n) is 7.27. The van der Waals surface area contributed by atoms with Crippen LogP contribution in [0.25, 0.3) is 11.4 Å². The zero-order chi connectivity index (χ0) is 19.1. The van der Waals surface area contributed by atoms with Gasteiger partial charge in [0, 0.05) is 12.1 Å². The number of carbonyl (C=O) groups excluding carboxylic acids is 1. The molecule has 6 nitrogen and oxygen atoms in total. The average molecular weight is 388 g/mol. The van der Waals surface area contributed by atoms with Crippen LogP contribution in [0.4, 0.5) is 0 Å². The first-order chi connectivity index (χ1) is 13.1. The van der Waals surface area contributed by atoms with E-state index in [0.717, 1.165) is 24.1 Å². The largest absolute Gasteiger partial charge is 0.355 e. The summed E-state index contributed by atoms with van der Waals surface area (Å²) in [5, 5.41) is 10.1. The number of likely N-dealkylation sites (tertiary alicyclic amines) is 1. The summed E-state index contributed by atoms with van der Waals surface area (Å²) >= 11 is 5.32. The van der Waals surface area contributed by atoms with Gasteiger partial charge >= 0.3 is 0 Å². The van der Waals surface area contributed by atoms with Gasteiger partial charge in [0.2, 0.25) is 5.91 Å². The highest BCUT2D eigenvalue weighted by Crippen LogP contribution is 2.18. The van der Waals surface area contributed by atoms with Crippen LogP contribution in [0.5, 0.6) is 0 Å². The van der Waals surface area contributed by atoms with E-state index in [2.05, 4.69) is 20.4 Å². The highest BCUT2D eigenvalue weighted by atomic mass is 32.1. The zero-order valence-electron chi connectivity index (χ0n) is 16.0. The first-order valence-corrected chi connectivity index (χ1v) is 10.3. The number of aryl methyl sites for hydroxylation is 1. The second kappa shape index (κ2) is 9.80. The Morgan fingerprint density at radius 1 is 1.26 bits per heavy atom. The molecule has 0 atom stereocenters. The third-order valence-electron chi connectivity index (χ3n) is 5.01. The van der Waals surface area contributed by atoms with Crippen LogP contribution in [0.15, 0.2) is 24.3 Å². The van der Waals surface area contributed by atoms with Crippen molar-refractivity contribution in [2.75, 3.05) is 26.2 Å². The number of hydrogen-bond acceptors (Lipinski definition) is 4. The maximum Gasteiger partial charge on any atom is 0.240 e. The molecule has 1 aromatic heterocycles. The highest BCUT2D eigenvalue weighted by molar-refractivity contribution is 7.71. The van der Waals surface area contributed by atoms with Crippen molar-refractivity contribution < 1.29 is 4.79 Å². The Bertz CT molecular complexity index is 805. The van der Waals surface area contributed by atoms with Gasteiger partial charge in [-0.2, -0.15) is 5.10 Å². The van der Waals surface area contributed by atoms with Crippen LogP contribution in [-0.4, -0.2) is 51.8 Å². The van der Waals surface area contributed by atoms with Crippen LogP contribution >= 0.6 is 12.2 Å². The van der Waals surface area contributed by atoms with E-state index in [0.29, 0.717) is 17.1 Å². The number of aromatic amines is 1. The lowest BCUT2D eigenvalue weighted by Crippen LogP contribution is -2.32. The van der Waals surface area contributed by atoms with Gasteiger partial charge in [-0.3, -0.25) is 14.5 Å². The van der Waals surface area contributed by atoms with E-state index in [1.807, 2.05) is 31.2 Å². The molecule has 1 fully saturated rings. The van der Waals surface area contributed by atoms with E-state index in [1.165, 1.54) is 38.8 Å². The Balaban J connectivity index is 1.51. The molecule has 2 heterocycles. The molecule has 1 aromatic carbocycles. The molecular weight excluding hydrogens is 358 g/mol. The molecule has 0 saturated carbocycles. The molecule has 27 heavy (non-hydrogen) atoms. The molecule has 2 aromatic rings. The van der Waals surface area contributed by atoms with Crippen LogP contribution in [0, 0.1) is 11.7 Å². The molecular formula is C20H29N5OS. The Morgan fingerprint density at radius 2 is 2.04 bits per heavy atom. The van der Waals surface area contributed by atoms with Gasteiger partial charge in [-0.1, -0.05) is 36.6 Å². The summed E-state index contributed by atoms with van der Waals surface area (Å²) in [6, 6.07) is 8.04. The number of aromatic nitrogens is 3. The number of hydrogen-bond donors (Lipinski definition) is 2. The summed E-state index contributed by atoms with van der Waals surface area (Å²) in [4.78, 5) is 14.9. The molecule has 146 valence electrons. The lowest BCUT2D eigenvalue weighted by molar-refractivity contribution is -0.121. The standard InChI is InChI=1S/C20H29N5OS/c1-16-8-6-9-17(14-16)19-22-23-20(27)25(19)15-18(26)21-10-7-13-24-11-4-2-3-5-12-24/h6,8-9,14H,2-5,7,10-13,15H2,1H3,(H,21,26)(H,23,27). The van der Waals surface area contributed by atoms with Crippen LogP contribution in [0.3, 0.4) is 0 Å². The third kappa shape index (κ3) is 5.74. The molecule has 0 radical (unpaired) electrons. The SMILES string of the molecule is Cc1cccc(-c2n[nH]c(=S)n2CC(=O)NCCCN2CCCCCC2)c1. The summed E-state index contributed by atoms with van der Waals surface area (Å²) in [6.07, 6.45) is 6.27. The minimum Gasteiger partial charge on any atom is -0.355 e. The minimum atomic E-state index is -0.0303. The summed E-state index contributed by atoms with van der Waals surface area (Å²) < 4.78 is 2.22. The molecule has 2 N–H and O–H groups in total. The van der Waals surface area contributed by atoms with Crippen molar-refractivity contribution in [3.05, 3.63) is 34.6 Å². The average Bonchev–Trinajstić information content (AvgIpc) is 2.85. The molecule has 0 unspecified atom stereocenters. The number of H-pyrrole nitrogens is 1. The fourth-order valence-corrected chi connectivity index (χ4v) is 3.76. The van der Waals surface area contributed by atoms with Crippen molar-refractivity contribution in [2.24, 2.45) is 0 Å². The summed E-state index contributed by atoms with van der Waals surface area (Å²) in [6.45, 7) is 6.35. The molecule has 3 rings (SSSR count). The van der Waals surface area contributed by atoms with Gasteiger partial charge in [-0.05, 0) is 64.1 Å². The van der Waals surface area contributed by atoms with Crippen molar-refractivity contribution in [3.63, 3.8) is 0 Å². The molecule has 0 spiro atoms. The minimum absolute atomic E-state index is 0.0303. The highest BCUT2D eigenvalue weighted by Gasteiger charge is 2.13. The topological polar surface area (TPSA) is 66.0 Å². The number of carbonyl (C=O) groups is 1. The maximum atomic E-state index is 12.4. The first kappa shape index (κ1) is 19.8. The fourth-order valence-electron chi connectivity index (χ4n) is 3.56. The monoisotopic (exact) mass is 387 g/mol. The number of benzene rings is 1. The third-order valence-corrected chi connectivity index (χ3v) is 5.32. The summed E-state index contributed by atoms with van der Waals surface area (Å²) in [5.41, 5.74) is 2.10. The van der Waals surface area contributed by atoms with Crippen LogP contribution in [0.2, 0.25) is 0 Å². The second-order valence-corrected chi connectivity index (χ2v) is 7.65. The van der Waals surface area contributed by atoms with Gasteiger partial charge in [-0.25, -0.2) is 0 Å². The predicted molar refractivity (Wildman–Crippen MR) is 110 cm³/mol. The van der Waals surface area contributed by atoms with Gasteiger partial charge in [0.1, 0.15) is 6.54 Å². The predicted octanol–water partition coefficient (Wildman–Crippen LogP) is 3.30. The Labute approximate surface area is 166 Å². The quantitative estimate of drug-likeness (QED) is 0.565. The number of rotatable bonds is 7. The van der Waals surface area contributed by atoms with Crippen LogP contribution in [0.1, 0.15) is 37.7 Å². The van der Waals surface area contributed by atoms with Crippen molar-refractivity contribution in [1.29, 1.82) is 0 Å². The lowest BCUT2D eigenvalue weighted by Gasteiger charge is -2.19. The van der Waals surface area contributed by atoms with Gasteiger partial charge in [0.25, 0.3) is 0 Å². The normalized spacial score (nSPS) is 15.4. The van der Waals surface area contributed by atoms with E-state index < -0.39 is 0 Å². The zero-order valence-corrected chi connectivity index (χ0v) is 16.9. The smallest absolute Gasteiger partial charge is 0.240 e. The molecule has 1 aliphatic heterocycles. The van der Waals surface area contributed by atoms with E-state index in [-0.39, 0.29) is 12.5 Å². The molecule has 0 bridgehead atoms. The Kier molecular flexibility index (Phi) is 7.18. The molecule has 1 amide bonds. The van der Waals surface area contributed by atoms with Crippen LogP contribution < -0.4 is 5.32 Å². The summed E-state index contributed by atoms with van der Waals surface area (Å²) in [7, 11) is 0. The van der Waals surface area contributed by atoms with Crippen molar-refractivity contribution >= 4 is 18.1 Å². The van der Waals surface area contributed by atoms with E-state index in [4.69, 9.17) is 12.2 Å². The van der Waals surface area contributed by atoms with Crippen molar-refractivity contribution in [1.82, 2.24) is 25.0 Å². The van der Waals surface area contributed by atoms with Crippen molar-refractivity contribution in [3.8, 4) is 11.4 Å². The molecule has 1 aliphatic rings.